The maximum absolute atomic E-state index is 13.7. The lowest BCUT2D eigenvalue weighted by Gasteiger charge is -2.15. The van der Waals surface area contributed by atoms with Crippen LogP contribution in [0.4, 0.5) is 15.2 Å². The van der Waals surface area contributed by atoms with Crippen LogP contribution in [0.2, 0.25) is 5.02 Å². The van der Waals surface area contributed by atoms with Gasteiger partial charge in [0, 0.05) is 17.8 Å². The van der Waals surface area contributed by atoms with Crippen molar-refractivity contribution >= 4 is 49.9 Å². The summed E-state index contributed by atoms with van der Waals surface area (Å²) in [6, 6.07) is 10.2. The molecule has 0 saturated carbocycles. The van der Waals surface area contributed by atoms with Gasteiger partial charge in [0.1, 0.15) is 11.3 Å². The zero-order valence-electron chi connectivity index (χ0n) is 13.1. The van der Waals surface area contributed by atoms with E-state index in [-0.39, 0.29) is 18.3 Å². The summed E-state index contributed by atoms with van der Waals surface area (Å²) in [6.07, 6.45) is 0. The molecule has 0 radical (unpaired) electrons. The number of carbonyl (C=O) groups is 1. The fourth-order valence-corrected chi connectivity index (χ4v) is 3.34. The number of benzene rings is 2. The Hall–Kier alpha value is -2.18. The largest absolute Gasteiger partial charge is 0.342 e. The van der Waals surface area contributed by atoms with Crippen LogP contribution in [-0.2, 0) is 4.79 Å². The van der Waals surface area contributed by atoms with E-state index in [4.69, 9.17) is 11.6 Å². The molecule has 3 rings (SSSR count). The molecule has 1 aromatic heterocycles. The van der Waals surface area contributed by atoms with Gasteiger partial charge in [-0.2, -0.15) is 0 Å². The van der Waals surface area contributed by atoms with E-state index in [1.165, 1.54) is 17.4 Å². The second kappa shape index (κ2) is 6.75. The van der Waals surface area contributed by atoms with Gasteiger partial charge in [-0.15, -0.1) is 0 Å². The third-order valence-electron chi connectivity index (χ3n) is 3.52. The van der Waals surface area contributed by atoms with Crippen LogP contribution in [0.3, 0.4) is 0 Å². The maximum atomic E-state index is 13.7. The number of halogens is 2. The number of nitrogens with zero attached hydrogens (tertiary/aromatic N) is 2. The second-order valence-corrected chi connectivity index (χ2v) is 6.87. The van der Waals surface area contributed by atoms with Crippen LogP contribution in [0, 0.1) is 12.7 Å². The normalized spacial score (nSPS) is 10.8. The minimum atomic E-state index is -0.359. The number of fused-ring (bicyclic) bond motifs is 1. The Morgan fingerprint density at radius 1 is 1.38 bits per heavy atom. The number of nitrogens with one attached hydrogen (secondary N) is 1. The Kier molecular flexibility index (Phi) is 4.69. The smallest absolute Gasteiger partial charge is 0.243 e. The number of carbonyl (C=O) groups excluding carboxylic acids is 1. The quantitative estimate of drug-likeness (QED) is 0.743. The summed E-state index contributed by atoms with van der Waals surface area (Å²) < 4.78 is 14.5. The predicted octanol–water partition coefficient (Wildman–Crippen LogP) is 4.47. The third-order valence-corrected chi connectivity index (χ3v) is 5.06. The standard InChI is InChI=1S/C17H15ClFN3OS/c1-10-6-7-11(8-12(10)18)20-15(23)9-22(2)17-21-16-13(19)4-3-5-14(16)24-17/h3-8H,9H2,1-2H3,(H,20,23). The van der Waals surface area contributed by atoms with E-state index in [0.29, 0.717) is 21.4 Å². The zero-order valence-corrected chi connectivity index (χ0v) is 14.7. The molecule has 0 bridgehead atoms. The minimum Gasteiger partial charge on any atom is -0.342 e. The maximum Gasteiger partial charge on any atom is 0.243 e. The molecule has 1 amide bonds. The van der Waals surface area contributed by atoms with Gasteiger partial charge in [-0.1, -0.05) is 35.1 Å². The average molecular weight is 364 g/mol. The van der Waals surface area contributed by atoms with Gasteiger partial charge in [-0.25, -0.2) is 9.37 Å². The lowest BCUT2D eigenvalue weighted by molar-refractivity contribution is -0.114. The van der Waals surface area contributed by atoms with E-state index < -0.39 is 0 Å². The first-order valence-corrected chi connectivity index (χ1v) is 8.45. The summed E-state index contributed by atoms with van der Waals surface area (Å²) in [4.78, 5) is 18.1. The van der Waals surface area contributed by atoms with Gasteiger partial charge in [-0.3, -0.25) is 4.79 Å². The molecule has 4 nitrogen and oxygen atoms in total. The van der Waals surface area contributed by atoms with Crippen LogP contribution in [0.15, 0.2) is 36.4 Å². The molecule has 24 heavy (non-hydrogen) atoms. The van der Waals surface area contributed by atoms with Gasteiger partial charge in [0.2, 0.25) is 5.91 Å². The van der Waals surface area contributed by atoms with Gasteiger partial charge in [-0.05, 0) is 36.8 Å². The number of aromatic nitrogens is 1. The predicted molar refractivity (Wildman–Crippen MR) is 97.7 cm³/mol. The number of hydrogen-bond acceptors (Lipinski definition) is 4. The van der Waals surface area contributed by atoms with Crippen molar-refractivity contribution in [2.75, 3.05) is 23.8 Å². The fraction of sp³-hybridized carbons (Fsp3) is 0.176. The highest BCUT2D eigenvalue weighted by Crippen LogP contribution is 2.29. The number of para-hydroxylation sites is 1. The summed E-state index contributed by atoms with van der Waals surface area (Å²) in [5.41, 5.74) is 1.91. The van der Waals surface area contributed by atoms with Gasteiger partial charge in [0.25, 0.3) is 0 Å². The molecule has 124 valence electrons. The second-order valence-electron chi connectivity index (χ2n) is 5.45. The first-order valence-electron chi connectivity index (χ1n) is 7.26. The Morgan fingerprint density at radius 3 is 2.88 bits per heavy atom. The minimum absolute atomic E-state index is 0.104. The van der Waals surface area contributed by atoms with Crippen LogP contribution in [0.5, 0.6) is 0 Å². The van der Waals surface area contributed by atoms with Crippen LogP contribution in [0.25, 0.3) is 10.2 Å². The molecule has 0 aliphatic heterocycles. The molecule has 0 spiro atoms. The number of amides is 1. The monoisotopic (exact) mass is 363 g/mol. The summed E-state index contributed by atoms with van der Waals surface area (Å²) in [6.45, 7) is 2.00. The van der Waals surface area contributed by atoms with Gasteiger partial charge >= 0.3 is 0 Å². The van der Waals surface area contributed by atoms with Gasteiger partial charge < -0.3 is 10.2 Å². The molecule has 0 fully saturated rings. The number of anilines is 2. The molecule has 1 heterocycles. The van der Waals surface area contributed by atoms with E-state index in [9.17, 15) is 9.18 Å². The van der Waals surface area contributed by atoms with E-state index in [2.05, 4.69) is 10.3 Å². The molecule has 0 saturated heterocycles. The SMILES string of the molecule is Cc1ccc(NC(=O)CN(C)c2nc3c(F)cccc3s2)cc1Cl. The van der Waals surface area contributed by atoms with E-state index >= 15 is 0 Å². The van der Waals surface area contributed by atoms with Crippen LogP contribution in [0.1, 0.15) is 5.56 Å². The third kappa shape index (κ3) is 3.49. The molecule has 3 aromatic rings. The van der Waals surface area contributed by atoms with Crippen molar-refractivity contribution in [3.05, 3.63) is 52.8 Å². The highest BCUT2D eigenvalue weighted by molar-refractivity contribution is 7.22. The Bertz CT molecular complexity index is 912. The molecule has 0 aliphatic carbocycles. The molecular weight excluding hydrogens is 349 g/mol. The van der Waals surface area contributed by atoms with Gasteiger partial charge in [0.05, 0.1) is 11.2 Å². The van der Waals surface area contributed by atoms with Crippen molar-refractivity contribution in [1.29, 1.82) is 0 Å². The molecule has 2 aromatic carbocycles. The van der Waals surface area contributed by atoms with Crippen LogP contribution in [-0.4, -0.2) is 24.5 Å². The number of rotatable bonds is 4. The number of hydrogen-bond donors (Lipinski definition) is 1. The fourth-order valence-electron chi connectivity index (χ4n) is 2.22. The lowest BCUT2D eigenvalue weighted by Crippen LogP contribution is -2.29. The lowest BCUT2D eigenvalue weighted by atomic mass is 10.2. The molecule has 0 unspecified atom stereocenters. The summed E-state index contributed by atoms with van der Waals surface area (Å²) in [7, 11) is 1.75. The summed E-state index contributed by atoms with van der Waals surface area (Å²) in [5, 5.41) is 3.98. The zero-order chi connectivity index (χ0) is 17.3. The molecule has 7 heteroatoms. The molecular formula is C17H15ClFN3OS. The van der Waals surface area contributed by atoms with E-state index in [1.54, 1.807) is 30.1 Å². The molecule has 0 aliphatic rings. The topological polar surface area (TPSA) is 45.2 Å². The number of aryl methyl sites for hydroxylation is 1. The van der Waals surface area contributed by atoms with E-state index in [0.717, 1.165) is 10.3 Å². The molecule has 1 N–H and O–H groups in total. The average Bonchev–Trinajstić information content (AvgIpc) is 2.97. The number of likely N-dealkylation sites (N-methyl/N-ethyl adjacent to an activating group) is 1. The van der Waals surface area contributed by atoms with Crippen LogP contribution < -0.4 is 10.2 Å². The van der Waals surface area contributed by atoms with Crippen molar-refractivity contribution in [2.45, 2.75) is 6.92 Å². The van der Waals surface area contributed by atoms with Crippen LogP contribution >= 0.6 is 22.9 Å². The van der Waals surface area contributed by atoms with Crippen molar-refractivity contribution in [3.63, 3.8) is 0 Å². The van der Waals surface area contributed by atoms with Crippen molar-refractivity contribution in [3.8, 4) is 0 Å². The first-order chi connectivity index (χ1) is 11.4. The first kappa shape index (κ1) is 16.7. The Balaban J connectivity index is 1.70. The van der Waals surface area contributed by atoms with Crippen molar-refractivity contribution < 1.29 is 9.18 Å². The molecule has 0 atom stereocenters. The van der Waals surface area contributed by atoms with Gasteiger partial charge in [0.15, 0.2) is 5.13 Å². The highest BCUT2D eigenvalue weighted by atomic mass is 35.5. The van der Waals surface area contributed by atoms with Crippen molar-refractivity contribution in [2.24, 2.45) is 0 Å². The summed E-state index contributed by atoms with van der Waals surface area (Å²) in [5.74, 6) is -0.556. The highest BCUT2D eigenvalue weighted by Gasteiger charge is 2.14. The number of thiazole rings is 1. The van der Waals surface area contributed by atoms with E-state index in [1.807, 2.05) is 19.1 Å². The van der Waals surface area contributed by atoms with Crippen molar-refractivity contribution in [1.82, 2.24) is 4.98 Å². The summed E-state index contributed by atoms with van der Waals surface area (Å²) >= 11 is 7.40. The Morgan fingerprint density at radius 2 is 2.17 bits per heavy atom. The Labute approximate surface area is 147 Å².